The monoisotopic (exact) mass is 490 g/mol. The van der Waals surface area contributed by atoms with E-state index in [-0.39, 0.29) is 18.3 Å². The highest BCUT2D eigenvalue weighted by atomic mass is 19.1. The van der Waals surface area contributed by atoms with E-state index in [1.54, 1.807) is 19.1 Å². The standard InChI is InChI=1S/C27H28F2N6O/c1-3-21-4-5-22(14-31-21)34-10-8-19(9-11-34)15-36-27-24(28)12-20(13-25(27)29)23-6-7-26(33-18(23)2)35-17-30-16-32-35/h4-7,12-14,16-17,19H,3,8-11,15H2,1-2H3. The Balaban J connectivity index is 1.22. The molecule has 0 N–H and O–H groups in total. The van der Waals surface area contributed by atoms with E-state index in [2.05, 4.69) is 44.0 Å². The van der Waals surface area contributed by atoms with Gasteiger partial charge in [-0.05, 0) is 74.1 Å². The molecular weight excluding hydrogens is 462 g/mol. The molecule has 0 aliphatic carbocycles. The number of piperidine rings is 1. The Morgan fingerprint density at radius 1 is 1.06 bits per heavy atom. The van der Waals surface area contributed by atoms with Crippen LogP contribution < -0.4 is 9.64 Å². The second-order valence-corrected chi connectivity index (χ2v) is 9.01. The molecule has 0 bridgehead atoms. The number of anilines is 1. The maximum Gasteiger partial charge on any atom is 0.190 e. The molecule has 0 radical (unpaired) electrons. The van der Waals surface area contributed by atoms with Crippen LogP contribution in [0.15, 0.2) is 55.2 Å². The average Bonchev–Trinajstić information content (AvgIpc) is 3.44. The van der Waals surface area contributed by atoms with E-state index in [0.29, 0.717) is 22.6 Å². The predicted octanol–water partition coefficient (Wildman–Crippen LogP) is 5.17. The summed E-state index contributed by atoms with van der Waals surface area (Å²) in [6, 6.07) is 10.3. The number of aryl methyl sites for hydroxylation is 2. The molecule has 4 aromatic rings. The molecule has 0 amide bonds. The van der Waals surface area contributed by atoms with Crippen LogP contribution in [-0.4, -0.2) is 44.4 Å². The summed E-state index contributed by atoms with van der Waals surface area (Å²) in [4.78, 5) is 15.2. The summed E-state index contributed by atoms with van der Waals surface area (Å²) in [6.45, 7) is 5.88. The zero-order chi connectivity index (χ0) is 25.1. The van der Waals surface area contributed by atoms with Gasteiger partial charge in [0.1, 0.15) is 12.7 Å². The maximum absolute atomic E-state index is 14.9. The normalized spacial score (nSPS) is 14.3. The lowest BCUT2D eigenvalue weighted by molar-refractivity contribution is 0.207. The van der Waals surface area contributed by atoms with Crippen molar-refractivity contribution in [3.05, 3.63) is 78.3 Å². The van der Waals surface area contributed by atoms with Gasteiger partial charge < -0.3 is 9.64 Å². The van der Waals surface area contributed by atoms with Crippen LogP contribution in [0, 0.1) is 24.5 Å². The van der Waals surface area contributed by atoms with Gasteiger partial charge in [0.2, 0.25) is 0 Å². The summed E-state index contributed by atoms with van der Waals surface area (Å²) in [7, 11) is 0. The number of benzene rings is 1. The molecule has 0 spiro atoms. The van der Waals surface area contributed by atoms with E-state index in [9.17, 15) is 8.78 Å². The zero-order valence-corrected chi connectivity index (χ0v) is 20.4. The summed E-state index contributed by atoms with van der Waals surface area (Å²) < 4.78 is 37.0. The minimum atomic E-state index is -0.718. The van der Waals surface area contributed by atoms with Crippen LogP contribution in [0.3, 0.4) is 0 Å². The molecule has 1 aliphatic rings. The van der Waals surface area contributed by atoms with Gasteiger partial charge in [0, 0.05) is 30.0 Å². The SMILES string of the molecule is CCc1ccc(N2CCC(COc3c(F)cc(-c4ccc(-n5cncn5)nc4C)cc3F)CC2)cn1. The van der Waals surface area contributed by atoms with E-state index in [1.807, 2.05) is 6.20 Å². The van der Waals surface area contributed by atoms with Gasteiger partial charge in [0.05, 0.1) is 18.5 Å². The number of ether oxygens (including phenoxy) is 1. The molecule has 7 nitrogen and oxygen atoms in total. The molecule has 0 unspecified atom stereocenters. The van der Waals surface area contributed by atoms with Gasteiger partial charge in [-0.1, -0.05) is 6.92 Å². The van der Waals surface area contributed by atoms with Crippen molar-refractivity contribution in [3.63, 3.8) is 0 Å². The third-order valence-electron chi connectivity index (χ3n) is 6.65. The van der Waals surface area contributed by atoms with Crippen molar-refractivity contribution in [2.24, 2.45) is 5.92 Å². The van der Waals surface area contributed by atoms with Gasteiger partial charge >= 0.3 is 0 Å². The van der Waals surface area contributed by atoms with Crippen LogP contribution in [0.25, 0.3) is 16.9 Å². The highest BCUT2D eigenvalue weighted by Crippen LogP contribution is 2.32. The Labute approximate surface area is 208 Å². The molecule has 1 fully saturated rings. The Hall–Kier alpha value is -3.88. The second-order valence-electron chi connectivity index (χ2n) is 9.01. The molecule has 3 aromatic heterocycles. The van der Waals surface area contributed by atoms with Crippen molar-refractivity contribution in [1.29, 1.82) is 0 Å². The Kier molecular flexibility index (Phi) is 6.88. The summed E-state index contributed by atoms with van der Waals surface area (Å²) in [6.07, 6.45) is 7.57. The lowest BCUT2D eigenvalue weighted by Crippen LogP contribution is -2.35. The van der Waals surface area contributed by atoms with Crippen LogP contribution in [0.4, 0.5) is 14.5 Å². The fourth-order valence-corrected chi connectivity index (χ4v) is 4.53. The van der Waals surface area contributed by atoms with E-state index in [4.69, 9.17) is 4.74 Å². The third kappa shape index (κ3) is 5.05. The van der Waals surface area contributed by atoms with Crippen LogP contribution in [0.2, 0.25) is 0 Å². The summed E-state index contributed by atoms with van der Waals surface area (Å²) in [5.41, 5.74) is 3.85. The molecule has 1 aliphatic heterocycles. The van der Waals surface area contributed by atoms with Crippen molar-refractivity contribution in [1.82, 2.24) is 24.7 Å². The molecular formula is C27H28F2N6O. The lowest BCUT2D eigenvalue weighted by atomic mass is 9.97. The van der Waals surface area contributed by atoms with Gasteiger partial charge in [-0.15, -0.1) is 0 Å². The molecule has 36 heavy (non-hydrogen) atoms. The minimum Gasteiger partial charge on any atom is -0.487 e. The summed E-state index contributed by atoms with van der Waals surface area (Å²) >= 11 is 0. The van der Waals surface area contributed by atoms with Crippen LogP contribution in [0.5, 0.6) is 5.75 Å². The van der Waals surface area contributed by atoms with Crippen molar-refractivity contribution < 1.29 is 13.5 Å². The first-order valence-electron chi connectivity index (χ1n) is 12.2. The number of rotatable bonds is 7. The number of hydrogen-bond acceptors (Lipinski definition) is 6. The van der Waals surface area contributed by atoms with Crippen LogP contribution in [0.1, 0.15) is 31.2 Å². The summed E-state index contributed by atoms with van der Waals surface area (Å²) in [5.74, 6) is -0.952. The number of halogens is 2. The Morgan fingerprint density at radius 2 is 1.83 bits per heavy atom. The van der Waals surface area contributed by atoms with E-state index in [1.165, 1.54) is 29.5 Å². The summed E-state index contributed by atoms with van der Waals surface area (Å²) in [5, 5.41) is 4.06. The Morgan fingerprint density at radius 3 is 2.44 bits per heavy atom. The predicted molar refractivity (Wildman–Crippen MR) is 133 cm³/mol. The quantitative estimate of drug-likeness (QED) is 0.356. The fraction of sp³-hybridized carbons (Fsp3) is 0.333. The largest absolute Gasteiger partial charge is 0.487 e. The van der Waals surface area contributed by atoms with E-state index in [0.717, 1.165) is 43.7 Å². The topological polar surface area (TPSA) is 69.0 Å². The molecule has 4 heterocycles. The number of hydrogen-bond donors (Lipinski definition) is 0. The highest BCUT2D eigenvalue weighted by Gasteiger charge is 2.22. The number of pyridine rings is 2. The fourth-order valence-electron chi connectivity index (χ4n) is 4.53. The zero-order valence-electron chi connectivity index (χ0n) is 20.4. The van der Waals surface area contributed by atoms with Gasteiger partial charge in [-0.3, -0.25) is 4.98 Å². The average molecular weight is 491 g/mol. The smallest absolute Gasteiger partial charge is 0.190 e. The van der Waals surface area contributed by atoms with Crippen molar-refractivity contribution in [2.75, 3.05) is 24.6 Å². The third-order valence-corrected chi connectivity index (χ3v) is 6.65. The van der Waals surface area contributed by atoms with Crippen LogP contribution >= 0.6 is 0 Å². The van der Waals surface area contributed by atoms with Crippen molar-refractivity contribution >= 4 is 5.69 Å². The molecule has 0 atom stereocenters. The Bertz CT molecular complexity index is 1300. The first kappa shape index (κ1) is 23.8. The van der Waals surface area contributed by atoms with Gasteiger partial charge in [0.15, 0.2) is 23.2 Å². The van der Waals surface area contributed by atoms with Crippen molar-refractivity contribution in [3.8, 4) is 22.7 Å². The molecule has 5 rings (SSSR count). The van der Waals surface area contributed by atoms with E-state index < -0.39 is 11.6 Å². The lowest BCUT2D eigenvalue weighted by Gasteiger charge is -2.33. The van der Waals surface area contributed by atoms with E-state index >= 15 is 0 Å². The second kappa shape index (κ2) is 10.4. The van der Waals surface area contributed by atoms with Crippen LogP contribution in [-0.2, 0) is 6.42 Å². The molecule has 0 saturated carbocycles. The number of aromatic nitrogens is 5. The molecule has 1 aromatic carbocycles. The van der Waals surface area contributed by atoms with Gasteiger partial charge in [-0.2, -0.15) is 5.10 Å². The first-order chi connectivity index (χ1) is 17.5. The molecule has 186 valence electrons. The maximum atomic E-state index is 14.9. The highest BCUT2D eigenvalue weighted by molar-refractivity contribution is 5.67. The van der Waals surface area contributed by atoms with Gasteiger partial charge in [-0.25, -0.2) is 23.4 Å². The first-order valence-corrected chi connectivity index (χ1v) is 12.2. The molecule has 1 saturated heterocycles. The van der Waals surface area contributed by atoms with Crippen molar-refractivity contribution in [2.45, 2.75) is 33.1 Å². The van der Waals surface area contributed by atoms with Gasteiger partial charge in [0.25, 0.3) is 0 Å². The number of nitrogens with zero attached hydrogens (tertiary/aromatic N) is 6. The molecule has 9 heteroatoms. The minimum absolute atomic E-state index is 0.235.